The van der Waals surface area contributed by atoms with E-state index in [1.165, 1.54) is 0 Å². The first-order valence-electron chi connectivity index (χ1n) is 9.94. The summed E-state index contributed by atoms with van der Waals surface area (Å²) in [4.78, 5) is 33.6. The molecule has 0 aliphatic carbocycles. The maximum atomic E-state index is 11.2. The van der Waals surface area contributed by atoms with Gasteiger partial charge in [-0.25, -0.2) is 14.4 Å². The normalized spacial score (nSPS) is 14.4. The molecule has 0 fully saturated rings. The molecule has 0 spiro atoms. The van der Waals surface area contributed by atoms with E-state index in [1.54, 1.807) is 20.8 Å². The molecule has 0 saturated heterocycles. The van der Waals surface area contributed by atoms with Crippen LogP contribution in [-0.4, -0.2) is 75.9 Å². The van der Waals surface area contributed by atoms with Crippen molar-refractivity contribution in [1.29, 1.82) is 0 Å². The monoisotopic (exact) mass is 442 g/mol. The van der Waals surface area contributed by atoms with Gasteiger partial charge < -0.3 is 28.4 Å². The average molecular weight is 443 g/mol. The van der Waals surface area contributed by atoms with Crippen LogP contribution in [0.15, 0.2) is 38.0 Å². The van der Waals surface area contributed by atoms with Crippen LogP contribution in [0.1, 0.15) is 20.8 Å². The Kier molecular flexibility index (Phi) is 15.8. The van der Waals surface area contributed by atoms with Gasteiger partial charge in [-0.2, -0.15) is 0 Å². The van der Waals surface area contributed by atoms with Crippen LogP contribution in [0, 0.1) is 5.92 Å². The summed E-state index contributed by atoms with van der Waals surface area (Å²) >= 11 is 0. The van der Waals surface area contributed by atoms with Crippen molar-refractivity contribution in [2.24, 2.45) is 5.92 Å². The van der Waals surface area contributed by atoms with E-state index >= 15 is 0 Å². The minimum atomic E-state index is -0.523. The van der Waals surface area contributed by atoms with E-state index in [2.05, 4.69) is 19.7 Å². The number of rotatable bonds is 18. The Hall–Kier alpha value is -2.49. The van der Waals surface area contributed by atoms with Crippen molar-refractivity contribution in [2.45, 2.75) is 39.1 Å². The second-order valence-electron chi connectivity index (χ2n) is 6.83. The minimum absolute atomic E-state index is 0.160. The van der Waals surface area contributed by atoms with Gasteiger partial charge in [-0.1, -0.05) is 19.7 Å². The van der Waals surface area contributed by atoms with E-state index in [4.69, 9.17) is 28.4 Å². The number of hydrogen-bond acceptors (Lipinski definition) is 9. The van der Waals surface area contributed by atoms with Gasteiger partial charge in [-0.05, 0) is 20.8 Å². The second-order valence-corrected chi connectivity index (χ2v) is 6.83. The lowest BCUT2D eigenvalue weighted by atomic mass is 10.2. The number of carbonyl (C=O) groups is 3. The molecule has 0 aromatic rings. The van der Waals surface area contributed by atoms with Crippen LogP contribution in [0.25, 0.3) is 0 Å². The van der Waals surface area contributed by atoms with Gasteiger partial charge in [0, 0.05) is 24.1 Å². The zero-order valence-corrected chi connectivity index (χ0v) is 18.6. The highest BCUT2D eigenvalue weighted by Crippen LogP contribution is 2.05. The molecule has 0 rings (SSSR count). The third kappa shape index (κ3) is 15.9. The Bertz CT molecular complexity index is 507. The van der Waals surface area contributed by atoms with Crippen LogP contribution < -0.4 is 0 Å². The molecule has 3 unspecified atom stereocenters. The van der Waals surface area contributed by atoms with E-state index < -0.39 is 36.2 Å². The lowest BCUT2D eigenvalue weighted by molar-refractivity contribution is -0.146. The molecule has 0 saturated carbocycles. The highest BCUT2D eigenvalue weighted by Gasteiger charge is 2.16. The summed E-state index contributed by atoms with van der Waals surface area (Å²) in [5.41, 5.74) is 0. The smallest absolute Gasteiger partial charge is 0.330 e. The van der Waals surface area contributed by atoms with Crippen molar-refractivity contribution in [3.8, 4) is 0 Å². The fourth-order valence-corrected chi connectivity index (χ4v) is 2.19. The summed E-state index contributed by atoms with van der Waals surface area (Å²) in [6.45, 7) is 16.5. The van der Waals surface area contributed by atoms with Crippen molar-refractivity contribution in [3.63, 3.8) is 0 Å². The fourth-order valence-electron chi connectivity index (χ4n) is 2.19. The molecular formula is C22H34O9. The first kappa shape index (κ1) is 28.5. The van der Waals surface area contributed by atoms with Gasteiger partial charge in [-0.3, -0.25) is 0 Å². The molecule has 0 heterocycles. The molecule has 9 nitrogen and oxygen atoms in total. The van der Waals surface area contributed by atoms with Crippen LogP contribution >= 0.6 is 0 Å². The Morgan fingerprint density at radius 2 is 0.839 bits per heavy atom. The minimum Gasteiger partial charge on any atom is -0.457 e. The first-order valence-corrected chi connectivity index (χ1v) is 9.94. The number of ether oxygens (including phenoxy) is 6. The van der Waals surface area contributed by atoms with Crippen molar-refractivity contribution in [2.75, 3.05) is 39.6 Å². The van der Waals surface area contributed by atoms with Gasteiger partial charge in [0.25, 0.3) is 0 Å². The molecule has 9 heteroatoms. The SMILES string of the molecule is C=CC(=O)OC(C)COCC(COCC(C)OC(=O)C=C)COCC(C)OC(=O)C=C. The number of carbonyl (C=O) groups excluding carboxylic acids is 3. The van der Waals surface area contributed by atoms with Crippen LogP contribution in [0.5, 0.6) is 0 Å². The zero-order valence-electron chi connectivity index (χ0n) is 18.6. The van der Waals surface area contributed by atoms with Gasteiger partial charge in [0.05, 0.1) is 39.6 Å². The lowest BCUT2D eigenvalue weighted by Crippen LogP contribution is -2.29. The highest BCUT2D eigenvalue weighted by molar-refractivity contribution is 5.82. The third-order valence-electron chi connectivity index (χ3n) is 3.57. The molecule has 31 heavy (non-hydrogen) atoms. The Morgan fingerprint density at radius 1 is 0.581 bits per heavy atom. The summed E-state index contributed by atoms with van der Waals surface area (Å²) in [6.07, 6.45) is 1.93. The molecule has 0 amide bonds. The van der Waals surface area contributed by atoms with Crippen molar-refractivity contribution in [3.05, 3.63) is 38.0 Å². The van der Waals surface area contributed by atoms with Crippen LogP contribution in [0.3, 0.4) is 0 Å². The van der Waals surface area contributed by atoms with Gasteiger partial charge in [-0.15, -0.1) is 0 Å². The Labute approximate surface area is 184 Å². The molecule has 0 bridgehead atoms. The molecule has 0 N–H and O–H groups in total. The van der Waals surface area contributed by atoms with Crippen molar-refractivity contribution >= 4 is 17.9 Å². The molecule has 0 aromatic carbocycles. The van der Waals surface area contributed by atoms with Gasteiger partial charge in [0.1, 0.15) is 18.3 Å². The van der Waals surface area contributed by atoms with E-state index in [9.17, 15) is 14.4 Å². The average Bonchev–Trinajstić information content (AvgIpc) is 2.72. The molecular weight excluding hydrogens is 408 g/mol. The fraction of sp³-hybridized carbons (Fsp3) is 0.591. The Balaban J connectivity index is 4.48. The third-order valence-corrected chi connectivity index (χ3v) is 3.57. The van der Waals surface area contributed by atoms with Crippen LogP contribution in [-0.2, 0) is 42.8 Å². The summed E-state index contributed by atoms with van der Waals surface area (Å²) in [5, 5.41) is 0. The predicted molar refractivity (Wildman–Crippen MR) is 113 cm³/mol. The highest BCUT2D eigenvalue weighted by atomic mass is 16.6. The van der Waals surface area contributed by atoms with Gasteiger partial charge >= 0.3 is 17.9 Å². The summed E-state index contributed by atoms with van der Waals surface area (Å²) in [6, 6.07) is 0. The molecule has 0 aliphatic heterocycles. The Morgan fingerprint density at radius 3 is 1.06 bits per heavy atom. The van der Waals surface area contributed by atoms with Crippen LogP contribution in [0.2, 0.25) is 0 Å². The zero-order chi connectivity index (χ0) is 23.6. The quantitative estimate of drug-likeness (QED) is 0.179. The summed E-state index contributed by atoms with van der Waals surface area (Å²) in [5.74, 6) is -1.73. The second kappa shape index (κ2) is 17.2. The van der Waals surface area contributed by atoms with E-state index in [1.807, 2.05) is 0 Å². The number of esters is 3. The first-order chi connectivity index (χ1) is 14.7. The largest absolute Gasteiger partial charge is 0.457 e. The van der Waals surface area contributed by atoms with E-state index in [-0.39, 0.29) is 45.6 Å². The summed E-state index contributed by atoms with van der Waals surface area (Å²) < 4.78 is 32.0. The van der Waals surface area contributed by atoms with Gasteiger partial charge in [0.2, 0.25) is 0 Å². The van der Waals surface area contributed by atoms with Crippen LogP contribution in [0.4, 0.5) is 0 Å². The maximum Gasteiger partial charge on any atom is 0.330 e. The summed E-state index contributed by atoms with van der Waals surface area (Å²) in [7, 11) is 0. The van der Waals surface area contributed by atoms with Gasteiger partial charge in [0.15, 0.2) is 0 Å². The lowest BCUT2D eigenvalue weighted by Gasteiger charge is -2.21. The standard InChI is InChI=1S/C22H34O9/c1-7-20(23)29-16(4)10-26-13-19(14-27-11-17(5)30-21(24)8-2)15-28-12-18(6)31-22(25)9-3/h7-9,16-19H,1-3,10-15H2,4-6H3. The van der Waals surface area contributed by atoms with E-state index in [0.717, 1.165) is 18.2 Å². The molecule has 176 valence electrons. The number of hydrogen-bond donors (Lipinski definition) is 0. The molecule has 0 aromatic heterocycles. The molecule has 0 aliphatic rings. The van der Waals surface area contributed by atoms with Crippen molar-refractivity contribution < 1.29 is 42.8 Å². The maximum absolute atomic E-state index is 11.2. The molecule has 3 atom stereocenters. The molecule has 0 radical (unpaired) electrons. The van der Waals surface area contributed by atoms with Crippen molar-refractivity contribution in [1.82, 2.24) is 0 Å². The topological polar surface area (TPSA) is 107 Å². The predicted octanol–water partition coefficient (Wildman–Crippen LogP) is 2.01. The van der Waals surface area contributed by atoms with E-state index in [0.29, 0.717) is 0 Å².